The van der Waals surface area contributed by atoms with Crippen LogP contribution in [0.3, 0.4) is 0 Å². The first-order chi connectivity index (χ1) is 11.0. The predicted octanol–water partition coefficient (Wildman–Crippen LogP) is 0.774. The van der Waals surface area contributed by atoms with Crippen LogP contribution in [0.1, 0.15) is 11.9 Å². The Morgan fingerprint density at radius 2 is 2.00 bits per heavy atom. The summed E-state index contributed by atoms with van der Waals surface area (Å²) in [5.74, 6) is -1.71. The van der Waals surface area contributed by atoms with Gasteiger partial charge in [-0.25, -0.2) is 4.39 Å². The zero-order chi connectivity index (χ0) is 17.0. The lowest BCUT2D eigenvalue weighted by molar-refractivity contribution is -0.137. The van der Waals surface area contributed by atoms with Crippen LogP contribution in [0.2, 0.25) is 0 Å². The molecule has 1 aliphatic heterocycles. The van der Waals surface area contributed by atoms with Crippen molar-refractivity contribution < 1.29 is 28.6 Å². The van der Waals surface area contributed by atoms with Crippen molar-refractivity contribution in [3.05, 3.63) is 41.4 Å². The van der Waals surface area contributed by atoms with E-state index in [1.54, 1.807) is 0 Å². The number of β-amino-alcohol motifs (C(OH)–C–C–N with tert-alkyl or cyclic N) is 1. The number of nitrogens with zero attached hydrogens (tertiary/aromatic N) is 1. The molecular formula is C15H17FN2O5. The molecule has 0 aliphatic carbocycles. The van der Waals surface area contributed by atoms with Crippen molar-refractivity contribution in [2.75, 3.05) is 32.7 Å². The van der Waals surface area contributed by atoms with Crippen LogP contribution >= 0.6 is 0 Å². The summed E-state index contributed by atoms with van der Waals surface area (Å²) < 4.78 is 24.2. The van der Waals surface area contributed by atoms with Gasteiger partial charge in [0, 0.05) is 26.0 Å². The molecule has 23 heavy (non-hydrogen) atoms. The Hall–Kier alpha value is -2.29. The molecule has 124 valence electrons. The normalized spacial score (nSPS) is 14.7. The summed E-state index contributed by atoms with van der Waals surface area (Å²) in [7, 11) is 2.72. The fourth-order valence-corrected chi connectivity index (χ4v) is 2.27. The number of rotatable bonds is 7. The number of benzene rings is 1. The third kappa shape index (κ3) is 3.39. The van der Waals surface area contributed by atoms with Crippen LogP contribution in [0.25, 0.3) is 0 Å². The van der Waals surface area contributed by atoms with Crippen LogP contribution in [0.15, 0.2) is 30.0 Å². The first-order valence-electron chi connectivity index (χ1n) is 6.82. The van der Waals surface area contributed by atoms with E-state index in [0.717, 1.165) is 11.0 Å². The van der Waals surface area contributed by atoms with E-state index in [-0.39, 0.29) is 30.1 Å². The monoisotopic (exact) mass is 324 g/mol. The highest BCUT2D eigenvalue weighted by molar-refractivity contribution is 6.17. The molecule has 8 heteroatoms. The van der Waals surface area contributed by atoms with E-state index in [1.807, 2.05) is 0 Å². The molecule has 2 rings (SSSR count). The third-order valence-corrected chi connectivity index (χ3v) is 3.32. The molecule has 0 unspecified atom stereocenters. The van der Waals surface area contributed by atoms with Gasteiger partial charge in [-0.15, -0.1) is 0 Å². The molecule has 2 N–H and O–H groups in total. The van der Waals surface area contributed by atoms with Gasteiger partial charge in [-0.05, 0) is 12.1 Å². The highest BCUT2D eigenvalue weighted by Gasteiger charge is 2.31. The summed E-state index contributed by atoms with van der Waals surface area (Å²) in [5.41, 5.74) is 0.317. The van der Waals surface area contributed by atoms with Gasteiger partial charge in [0.2, 0.25) is 0 Å². The minimum Gasteiger partial charge on any atom is -0.395 e. The number of imide groups is 1. The van der Waals surface area contributed by atoms with Crippen LogP contribution in [-0.2, 0) is 19.1 Å². The van der Waals surface area contributed by atoms with Crippen molar-refractivity contribution in [1.29, 1.82) is 0 Å². The predicted molar refractivity (Wildman–Crippen MR) is 78.7 cm³/mol. The van der Waals surface area contributed by atoms with Gasteiger partial charge in [0.05, 0.1) is 18.7 Å². The van der Waals surface area contributed by atoms with Gasteiger partial charge < -0.3 is 19.9 Å². The van der Waals surface area contributed by atoms with Crippen LogP contribution in [0.5, 0.6) is 0 Å². The second-order valence-electron chi connectivity index (χ2n) is 4.71. The van der Waals surface area contributed by atoms with Gasteiger partial charge in [0.15, 0.2) is 6.29 Å². The minimum absolute atomic E-state index is 0.0127. The molecule has 0 bridgehead atoms. The van der Waals surface area contributed by atoms with Crippen LogP contribution in [0, 0.1) is 5.82 Å². The molecule has 0 aromatic heterocycles. The van der Waals surface area contributed by atoms with Crippen molar-refractivity contribution in [2.24, 2.45) is 0 Å². The second-order valence-corrected chi connectivity index (χ2v) is 4.71. The van der Waals surface area contributed by atoms with E-state index in [2.05, 4.69) is 5.32 Å². The average Bonchev–Trinajstić information content (AvgIpc) is 2.79. The van der Waals surface area contributed by atoms with E-state index in [4.69, 9.17) is 14.6 Å². The number of halogens is 1. The highest BCUT2D eigenvalue weighted by Crippen LogP contribution is 2.30. The van der Waals surface area contributed by atoms with Crippen molar-refractivity contribution in [3.63, 3.8) is 0 Å². The Kier molecular flexibility index (Phi) is 5.43. The molecule has 1 aliphatic rings. The number of ether oxygens (including phenoxy) is 2. The molecule has 0 atom stereocenters. The lowest BCUT2D eigenvalue weighted by Crippen LogP contribution is -2.34. The maximum absolute atomic E-state index is 14.1. The Labute approximate surface area is 132 Å². The SMILES string of the molecule is COC(OC)c1c(F)cccc1NC1=CC(=O)N(CCO)C1=O. The largest absolute Gasteiger partial charge is 0.395 e. The molecule has 0 spiro atoms. The molecule has 1 heterocycles. The van der Waals surface area contributed by atoms with Gasteiger partial charge in [-0.3, -0.25) is 14.5 Å². The van der Waals surface area contributed by atoms with Crippen molar-refractivity contribution in [3.8, 4) is 0 Å². The topological polar surface area (TPSA) is 88.1 Å². The fourth-order valence-electron chi connectivity index (χ4n) is 2.27. The molecule has 0 radical (unpaired) electrons. The summed E-state index contributed by atoms with van der Waals surface area (Å²) in [6.07, 6.45) is 0.126. The van der Waals surface area contributed by atoms with E-state index in [9.17, 15) is 14.0 Å². The summed E-state index contributed by atoms with van der Waals surface area (Å²) in [5, 5.41) is 11.6. The molecule has 1 aromatic carbocycles. The van der Waals surface area contributed by atoms with Crippen molar-refractivity contribution in [2.45, 2.75) is 6.29 Å². The van der Waals surface area contributed by atoms with Crippen LogP contribution in [0.4, 0.5) is 10.1 Å². The molecule has 0 saturated carbocycles. The van der Waals surface area contributed by atoms with Gasteiger partial charge in [-0.2, -0.15) is 0 Å². The van der Waals surface area contributed by atoms with Gasteiger partial charge in [-0.1, -0.05) is 6.07 Å². The third-order valence-electron chi connectivity index (χ3n) is 3.32. The van der Waals surface area contributed by atoms with E-state index in [1.165, 1.54) is 32.4 Å². The summed E-state index contributed by atoms with van der Waals surface area (Å²) in [4.78, 5) is 24.7. The summed E-state index contributed by atoms with van der Waals surface area (Å²) in [6.45, 7) is -0.437. The second kappa shape index (κ2) is 7.32. The van der Waals surface area contributed by atoms with Crippen molar-refractivity contribution in [1.82, 2.24) is 4.90 Å². The molecule has 1 aromatic rings. The summed E-state index contributed by atoms with van der Waals surface area (Å²) in [6, 6.07) is 4.23. The Bertz CT molecular complexity index is 643. The first kappa shape index (κ1) is 17.1. The van der Waals surface area contributed by atoms with Gasteiger partial charge in [0.1, 0.15) is 11.5 Å². The number of amides is 2. The van der Waals surface area contributed by atoms with E-state index < -0.39 is 23.9 Å². The number of aliphatic hydroxyl groups is 1. The minimum atomic E-state index is -0.972. The average molecular weight is 324 g/mol. The molecule has 0 fully saturated rings. The number of hydrogen-bond donors (Lipinski definition) is 2. The zero-order valence-electron chi connectivity index (χ0n) is 12.7. The molecular weight excluding hydrogens is 307 g/mol. The number of hydrogen-bond acceptors (Lipinski definition) is 6. The smallest absolute Gasteiger partial charge is 0.277 e. The lowest BCUT2D eigenvalue weighted by Gasteiger charge is -2.20. The number of carbonyl (C=O) groups is 2. The highest BCUT2D eigenvalue weighted by atomic mass is 19.1. The number of carbonyl (C=O) groups excluding carboxylic acids is 2. The molecule has 0 saturated heterocycles. The zero-order valence-corrected chi connectivity index (χ0v) is 12.7. The Balaban J connectivity index is 2.31. The molecule has 2 amide bonds. The first-order valence-corrected chi connectivity index (χ1v) is 6.82. The van der Waals surface area contributed by atoms with Crippen LogP contribution < -0.4 is 5.32 Å². The molecule has 7 nitrogen and oxygen atoms in total. The maximum atomic E-state index is 14.1. The van der Waals surface area contributed by atoms with Crippen molar-refractivity contribution >= 4 is 17.5 Å². The number of nitrogens with one attached hydrogen (secondary N) is 1. The number of methoxy groups -OCH3 is 2. The van der Waals surface area contributed by atoms with Gasteiger partial charge >= 0.3 is 0 Å². The lowest BCUT2D eigenvalue weighted by atomic mass is 10.1. The fraction of sp³-hybridized carbons (Fsp3) is 0.333. The standard InChI is InChI=1S/C15H17FN2O5/c1-22-15(23-2)13-9(16)4-3-5-10(13)17-11-8-12(20)18(6-7-19)14(11)21/h3-5,8,15,17,19H,6-7H2,1-2H3. The number of anilines is 1. The van der Waals surface area contributed by atoms with Crippen LogP contribution in [-0.4, -0.2) is 49.2 Å². The van der Waals surface area contributed by atoms with E-state index in [0.29, 0.717) is 0 Å². The number of aliphatic hydroxyl groups excluding tert-OH is 1. The Morgan fingerprint density at radius 1 is 1.30 bits per heavy atom. The van der Waals surface area contributed by atoms with E-state index >= 15 is 0 Å². The quantitative estimate of drug-likeness (QED) is 0.569. The summed E-state index contributed by atoms with van der Waals surface area (Å²) >= 11 is 0. The Morgan fingerprint density at radius 3 is 2.61 bits per heavy atom. The maximum Gasteiger partial charge on any atom is 0.277 e. The van der Waals surface area contributed by atoms with Gasteiger partial charge in [0.25, 0.3) is 11.8 Å².